The van der Waals surface area contributed by atoms with Crippen molar-refractivity contribution in [3.8, 4) is 0 Å². The molecule has 0 aliphatic carbocycles. The molecule has 1 fully saturated rings. The summed E-state index contributed by atoms with van der Waals surface area (Å²) in [5.41, 5.74) is 0. The Morgan fingerprint density at radius 1 is 1.57 bits per heavy atom. The van der Waals surface area contributed by atoms with Crippen molar-refractivity contribution in [3.63, 3.8) is 0 Å². The van der Waals surface area contributed by atoms with Crippen molar-refractivity contribution < 1.29 is 32.4 Å². The highest BCUT2D eigenvalue weighted by Gasteiger charge is 2.58. The average molecular weight is 223 g/mol. The van der Waals surface area contributed by atoms with Crippen LogP contribution in [0.1, 0.15) is 6.42 Å². The van der Waals surface area contributed by atoms with Gasteiger partial charge >= 0.3 is 5.97 Å². The van der Waals surface area contributed by atoms with Gasteiger partial charge in [-0.1, -0.05) is 0 Å². The Bertz CT molecular complexity index is 358. The number of carbonyl (C=O) groups excluding carboxylic acids is 1. The molecule has 1 rings (SSSR count). The van der Waals surface area contributed by atoms with E-state index in [1.54, 1.807) is 0 Å². The lowest BCUT2D eigenvalue weighted by Crippen LogP contribution is -2.50. The van der Waals surface area contributed by atoms with Gasteiger partial charge in [0.2, 0.25) is 11.0 Å². The lowest BCUT2D eigenvalue weighted by molar-refractivity contribution is -0.147. The van der Waals surface area contributed by atoms with E-state index in [1.807, 2.05) is 0 Å². The van der Waals surface area contributed by atoms with Crippen molar-refractivity contribution in [1.82, 2.24) is 0 Å². The van der Waals surface area contributed by atoms with E-state index in [-0.39, 0.29) is 6.61 Å². The molecule has 0 saturated carbocycles. The molecule has 0 aromatic rings. The van der Waals surface area contributed by atoms with Gasteiger partial charge in [-0.3, -0.25) is 9.35 Å². The van der Waals surface area contributed by atoms with Crippen LogP contribution in [0.15, 0.2) is 0 Å². The molecule has 2 unspecified atom stereocenters. The van der Waals surface area contributed by atoms with Crippen molar-refractivity contribution in [1.29, 1.82) is 0 Å². The molecule has 1 aliphatic rings. The molecule has 8 heteroatoms. The van der Waals surface area contributed by atoms with Crippen LogP contribution >= 0.6 is 0 Å². The molecule has 0 spiro atoms. The summed E-state index contributed by atoms with van der Waals surface area (Å²) in [7, 11) is -4.84. The number of aliphatic carboxylic acids is 1. The third kappa shape index (κ3) is 1.41. The smallest absolute Gasteiger partial charge is 0.335 e. The molecule has 1 saturated heterocycles. The van der Waals surface area contributed by atoms with Crippen LogP contribution in [0.25, 0.3) is 0 Å². The highest BCUT2D eigenvalue weighted by molar-refractivity contribution is 7.88. The van der Waals surface area contributed by atoms with Gasteiger partial charge in [-0.2, -0.15) is 8.42 Å². The minimum absolute atomic E-state index is 0.230. The van der Waals surface area contributed by atoms with Gasteiger partial charge in [0.05, 0.1) is 6.61 Å². The van der Waals surface area contributed by atoms with Crippen molar-refractivity contribution in [3.05, 3.63) is 0 Å². The molecule has 0 amide bonds. The summed E-state index contributed by atoms with van der Waals surface area (Å²) in [6.45, 7) is -0.230. The van der Waals surface area contributed by atoms with E-state index in [0.717, 1.165) is 6.29 Å². The molecule has 0 aromatic carbocycles. The summed E-state index contributed by atoms with van der Waals surface area (Å²) in [4.78, 5) is 21.0. The van der Waals surface area contributed by atoms with Crippen LogP contribution in [0.4, 0.5) is 0 Å². The largest absolute Gasteiger partial charge is 0.479 e. The Morgan fingerprint density at radius 2 is 2.14 bits per heavy atom. The summed E-state index contributed by atoms with van der Waals surface area (Å²) in [6.07, 6.45) is -1.25. The van der Waals surface area contributed by atoms with Crippen LogP contribution in [-0.4, -0.2) is 47.8 Å². The Balaban J connectivity index is 3.24. The number of carboxylic acids is 1. The second-order valence-corrected chi connectivity index (χ2v) is 4.48. The highest BCUT2D eigenvalue weighted by atomic mass is 32.2. The topological polar surface area (TPSA) is 118 Å². The minimum Gasteiger partial charge on any atom is -0.479 e. The fraction of sp³-hybridized carbons (Fsp3) is 0.667. The predicted octanol–water partition coefficient (Wildman–Crippen LogP) is -1.40. The fourth-order valence-electron chi connectivity index (χ4n) is 1.29. The lowest BCUT2D eigenvalue weighted by Gasteiger charge is -2.20. The second kappa shape index (κ2) is 3.30. The monoisotopic (exact) mass is 223 g/mol. The van der Waals surface area contributed by atoms with E-state index < -0.39 is 33.4 Å². The summed E-state index contributed by atoms with van der Waals surface area (Å²) < 4.78 is 32.5. The van der Waals surface area contributed by atoms with Crippen molar-refractivity contribution in [2.45, 2.75) is 17.3 Å². The van der Waals surface area contributed by atoms with E-state index >= 15 is 0 Å². The van der Waals surface area contributed by atoms with Crippen molar-refractivity contribution >= 4 is 22.4 Å². The Labute approximate surface area is 79.4 Å². The van der Waals surface area contributed by atoms with Gasteiger partial charge in [0.25, 0.3) is 10.1 Å². The van der Waals surface area contributed by atoms with Crippen LogP contribution in [0.5, 0.6) is 0 Å². The summed E-state index contributed by atoms with van der Waals surface area (Å²) in [5.74, 6) is -1.62. The molecule has 14 heavy (non-hydrogen) atoms. The van der Waals surface area contributed by atoms with Crippen LogP contribution in [-0.2, 0) is 24.4 Å². The number of carboxylic acid groups (broad SMARTS) is 1. The molecule has 1 heterocycles. The molecule has 1 radical (unpaired) electrons. The number of hydrogen-bond donors (Lipinski definition) is 2. The first-order chi connectivity index (χ1) is 6.35. The van der Waals surface area contributed by atoms with E-state index in [4.69, 9.17) is 9.66 Å². The number of ether oxygens (including phenoxy) is 1. The Kier molecular flexibility index (Phi) is 2.61. The zero-order chi connectivity index (χ0) is 11.0. The zero-order valence-corrected chi connectivity index (χ0v) is 7.65. The Morgan fingerprint density at radius 3 is 2.43 bits per heavy atom. The number of hydrogen-bond acceptors (Lipinski definition) is 5. The Hall–Kier alpha value is -0.990. The molecular formula is C6H7O7S. The first-order valence-electron chi connectivity index (χ1n) is 3.56. The maximum absolute atomic E-state index is 10.9. The van der Waals surface area contributed by atoms with Crippen molar-refractivity contribution in [2.75, 3.05) is 6.61 Å². The SMILES string of the molecule is O=[C]C1(S(=O)(=O)O)CCOC1C(=O)O. The van der Waals surface area contributed by atoms with Gasteiger partial charge in [0, 0.05) is 6.42 Å². The van der Waals surface area contributed by atoms with Gasteiger partial charge in [0.1, 0.15) is 0 Å². The van der Waals surface area contributed by atoms with Crippen LogP contribution < -0.4 is 0 Å². The lowest BCUT2D eigenvalue weighted by atomic mass is 10.0. The number of rotatable bonds is 3. The average Bonchev–Trinajstić information content (AvgIpc) is 2.46. The minimum atomic E-state index is -4.84. The van der Waals surface area contributed by atoms with E-state index in [0.29, 0.717) is 0 Å². The molecule has 2 N–H and O–H groups in total. The molecule has 0 bridgehead atoms. The maximum atomic E-state index is 10.9. The number of carbonyl (C=O) groups is 1. The fourth-order valence-corrected chi connectivity index (χ4v) is 2.17. The zero-order valence-electron chi connectivity index (χ0n) is 6.84. The van der Waals surface area contributed by atoms with E-state index in [2.05, 4.69) is 4.74 Å². The molecule has 0 aromatic heterocycles. The van der Waals surface area contributed by atoms with E-state index in [1.165, 1.54) is 0 Å². The van der Waals surface area contributed by atoms with Gasteiger partial charge in [-0.05, 0) is 0 Å². The second-order valence-electron chi connectivity index (χ2n) is 2.81. The third-order valence-electron chi connectivity index (χ3n) is 2.04. The molecule has 7 nitrogen and oxygen atoms in total. The van der Waals surface area contributed by atoms with E-state index in [9.17, 15) is 18.0 Å². The third-order valence-corrected chi connectivity index (χ3v) is 3.46. The molecule has 79 valence electrons. The van der Waals surface area contributed by atoms with Gasteiger partial charge in [-0.15, -0.1) is 0 Å². The van der Waals surface area contributed by atoms with Gasteiger partial charge in [-0.25, -0.2) is 4.79 Å². The van der Waals surface area contributed by atoms with Crippen molar-refractivity contribution in [2.24, 2.45) is 0 Å². The quantitative estimate of drug-likeness (QED) is 0.564. The van der Waals surface area contributed by atoms with Gasteiger partial charge < -0.3 is 9.84 Å². The van der Waals surface area contributed by atoms with Crippen LogP contribution in [0.3, 0.4) is 0 Å². The first-order valence-corrected chi connectivity index (χ1v) is 5.00. The maximum Gasteiger partial charge on any atom is 0.335 e. The van der Waals surface area contributed by atoms with Crippen LogP contribution in [0, 0.1) is 0 Å². The normalized spacial score (nSPS) is 32.8. The first kappa shape index (κ1) is 11.1. The molecule has 2 atom stereocenters. The predicted molar refractivity (Wildman–Crippen MR) is 42.0 cm³/mol. The molecular weight excluding hydrogens is 216 g/mol. The van der Waals surface area contributed by atoms with Crippen LogP contribution in [0.2, 0.25) is 0 Å². The summed E-state index contributed by atoms with van der Waals surface area (Å²) in [5, 5.41) is 8.56. The summed E-state index contributed by atoms with van der Waals surface area (Å²) >= 11 is 0. The summed E-state index contributed by atoms with van der Waals surface area (Å²) in [6, 6.07) is 0. The standard InChI is InChI=1S/C6H7O7S/c7-3-6(14(10,11)12)1-2-13-4(6)5(8)9/h4H,1-2H2,(H,8,9)(H,10,11,12). The highest BCUT2D eigenvalue weighted by Crippen LogP contribution is 2.31. The molecule has 1 aliphatic heterocycles. The van der Waals surface area contributed by atoms with Gasteiger partial charge in [0.15, 0.2) is 6.10 Å².